The lowest BCUT2D eigenvalue weighted by atomic mass is 10.1. The Kier molecular flexibility index (Phi) is 4.17. The van der Waals surface area contributed by atoms with Crippen molar-refractivity contribution in [2.24, 2.45) is 5.92 Å². The Morgan fingerprint density at radius 3 is 2.44 bits per heavy atom. The fourth-order valence-corrected chi connectivity index (χ4v) is 1.43. The van der Waals surface area contributed by atoms with Gasteiger partial charge in [-0.2, -0.15) is 0 Å². The van der Waals surface area contributed by atoms with Gasteiger partial charge in [0.25, 0.3) is 0 Å². The molecule has 0 heterocycles. The van der Waals surface area contributed by atoms with Crippen molar-refractivity contribution in [3.05, 3.63) is 24.3 Å². The zero-order valence-corrected chi connectivity index (χ0v) is 9.80. The zero-order valence-electron chi connectivity index (χ0n) is 9.80. The molecule has 0 fully saturated rings. The number of aliphatic carboxylic acids is 1. The van der Waals surface area contributed by atoms with Crippen molar-refractivity contribution in [2.45, 2.75) is 6.92 Å². The van der Waals surface area contributed by atoms with Gasteiger partial charge in [-0.15, -0.1) is 0 Å². The second-order valence-corrected chi connectivity index (χ2v) is 3.82. The van der Waals surface area contributed by atoms with Crippen LogP contribution in [0, 0.1) is 5.92 Å². The number of rotatable bonds is 5. The third kappa shape index (κ3) is 3.15. The number of ether oxygens (including phenoxy) is 1. The van der Waals surface area contributed by atoms with E-state index in [0.29, 0.717) is 6.54 Å². The third-order valence-corrected chi connectivity index (χ3v) is 2.48. The monoisotopic (exact) mass is 223 g/mol. The van der Waals surface area contributed by atoms with E-state index in [1.54, 1.807) is 14.0 Å². The molecule has 4 heteroatoms. The maximum Gasteiger partial charge on any atom is 0.308 e. The molecule has 0 radical (unpaired) electrons. The van der Waals surface area contributed by atoms with Crippen molar-refractivity contribution in [1.29, 1.82) is 0 Å². The Morgan fingerprint density at radius 2 is 2.00 bits per heavy atom. The molecular weight excluding hydrogens is 206 g/mol. The summed E-state index contributed by atoms with van der Waals surface area (Å²) < 4.78 is 5.06. The van der Waals surface area contributed by atoms with Gasteiger partial charge in [0.2, 0.25) is 0 Å². The minimum Gasteiger partial charge on any atom is -0.497 e. The van der Waals surface area contributed by atoms with Gasteiger partial charge in [0.15, 0.2) is 0 Å². The Bertz CT molecular complexity index is 348. The van der Waals surface area contributed by atoms with E-state index in [9.17, 15) is 4.79 Å². The standard InChI is InChI=1S/C12H17NO3/c1-9(12(14)15)8-13(2)10-4-6-11(16-3)7-5-10/h4-7,9H,8H2,1-3H3,(H,14,15). The van der Waals surface area contributed by atoms with Crippen LogP contribution in [0.4, 0.5) is 5.69 Å². The molecule has 0 aliphatic carbocycles. The maximum atomic E-state index is 10.7. The summed E-state index contributed by atoms with van der Waals surface area (Å²) in [6.45, 7) is 2.18. The molecule has 0 saturated carbocycles. The molecule has 1 atom stereocenters. The van der Waals surface area contributed by atoms with E-state index in [2.05, 4.69) is 0 Å². The largest absolute Gasteiger partial charge is 0.497 e. The number of nitrogens with zero attached hydrogens (tertiary/aromatic N) is 1. The van der Waals surface area contributed by atoms with Gasteiger partial charge < -0.3 is 14.7 Å². The SMILES string of the molecule is COc1ccc(N(C)CC(C)C(=O)O)cc1. The van der Waals surface area contributed by atoms with Crippen molar-refractivity contribution < 1.29 is 14.6 Å². The number of carboxylic acids is 1. The number of hydrogen-bond donors (Lipinski definition) is 1. The van der Waals surface area contributed by atoms with Gasteiger partial charge in [0.1, 0.15) is 5.75 Å². The number of hydrogen-bond acceptors (Lipinski definition) is 3. The molecule has 0 amide bonds. The van der Waals surface area contributed by atoms with Gasteiger partial charge in [0.05, 0.1) is 13.0 Å². The highest BCUT2D eigenvalue weighted by atomic mass is 16.5. The molecule has 88 valence electrons. The van der Waals surface area contributed by atoms with E-state index in [1.807, 2.05) is 36.2 Å². The minimum absolute atomic E-state index is 0.382. The normalized spacial score (nSPS) is 11.9. The molecule has 0 bridgehead atoms. The molecule has 4 nitrogen and oxygen atoms in total. The van der Waals surface area contributed by atoms with Gasteiger partial charge in [0, 0.05) is 19.3 Å². The van der Waals surface area contributed by atoms with Gasteiger partial charge in [-0.05, 0) is 24.3 Å². The highest BCUT2D eigenvalue weighted by Gasteiger charge is 2.13. The van der Waals surface area contributed by atoms with Crippen LogP contribution in [0.5, 0.6) is 5.75 Å². The second-order valence-electron chi connectivity index (χ2n) is 3.82. The average molecular weight is 223 g/mol. The highest BCUT2D eigenvalue weighted by Crippen LogP contribution is 2.18. The van der Waals surface area contributed by atoms with Crippen LogP contribution >= 0.6 is 0 Å². The average Bonchev–Trinajstić information content (AvgIpc) is 2.28. The van der Waals surface area contributed by atoms with Crippen molar-refractivity contribution in [1.82, 2.24) is 0 Å². The summed E-state index contributed by atoms with van der Waals surface area (Å²) >= 11 is 0. The van der Waals surface area contributed by atoms with Crippen LogP contribution in [-0.4, -0.2) is 31.8 Å². The van der Waals surface area contributed by atoms with Crippen LogP contribution in [0.3, 0.4) is 0 Å². The van der Waals surface area contributed by atoms with E-state index < -0.39 is 5.97 Å². The molecule has 0 aromatic heterocycles. The predicted molar refractivity (Wildman–Crippen MR) is 63.1 cm³/mol. The van der Waals surface area contributed by atoms with Crippen LogP contribution in [-0.2, 0) is 4.79 Å². The summed E-state index contributed by atoms with van der Waals surface area (Å²) in [4.78, 5) is 12.6. The van der Waals surface area contributed by atoms with Crippen LogP contribution in [0.2, 0.25) is 0 Å². The van der Waals surface area contributed by atoms with Crippen LogP contribution in [0.25, 0.3) is 0 Å². The van der Waals surface area contributed by atoms with Crippen LogP contribution in [0.1, 0.15) is 6.92 Å². The van der Waals surface area contributed by atoms with E-state index in [4.69, 9.17) is 9.84 Å². The van der Waals surface area contributed by atoms with E-state index >= 15 is 0 Å². The summed E-state index contributed by atoms with van der Waals surface area (Å²) in [5.41, 5.74) is 0.980. The second kappa shape index (κ2) is 5.39. The van der Waals surface area contributed by atoms with Crippen molar-refractivity contribution in [2.75, 3.05) is 25.6 Å². The lowest BCUT2D eigenvalue weighted by molar-refractivity contribution is -0.140. The quantitative estimate of drug-likeness (QED) is 0.827. The van der Waals surface area contributed by atoms with Crippen molar-refractivity contribution >= 4 is 11.7 Å². The summed E-state index contributed by atoms with van der Waals surface area (Å²) in [5.74, 6) is -0.365. The van der Waals surface area contributed by atoms with Gasteiger partial charge >= 0.3 is 5.97 Å². The van der Waals surface area contributed by atoms with E-state index in [1.165, 1.54) is 0 Å². The van der Waals surface area contributed by atoms with Crippen molar-refractivity contribution in [3.8, 4) is 5.75 Å². The molecule has 1 N–H and O–H groups in total. The van der Waals surface area contributed by atoms with Crippen LogP contribution < -0.4 is 9.64 Å². The van der Waals surface area contributed by atoms with Gasteiger partial charge in [-0.1, -0.05) is 6.92 Å². The maximum absolute atomic E-state index is 10.7. The molecule has 16 heavy (non-hydrogen) atoms. The Morgan fingerprint density at radius 1 is 1.44 bits per heavy atom. The minimum atomic E-state index is -0.777. The number of carboxylic acid groups (broad SMARTS) is 1. The Balaban J connectivity index is 2.65. The molecule has 1 aromatic carbocycles. The first-order valence-corrected chi connectivity index (χ1v) is 5.12. The lowest BCUT2D eigenvalue weighted by Crippen LogP contribution is -2.28. The molecule has 0 spiro atoms. The molecule has 0 saturated heterocycles. The molecular formula is C12H17NO3. The van der Waals surface area contributed by atoms with E-state index in [0.717, 1.165) is 11.4 Å². The molecule has 0 aliphatic heterocycles. The Hall–Kier alpha value is -1.71. The van der Waals surface area contributed by atoms with E-state index in [-0.39, 0.29) is 5.92 Å². The smallest absolute Gasteiger partial charge is 0.308 e. The van der Waals surface area contributed by atoms with Crippen LogP contribution in [0.15, 0.2) is 24.3 Å². The molecule has 1 unspecified atom stereocenters. The summed E-state index contributed by atoms with van der Waals surface area (Å²) in [6.07, 6.45) is 0. The lowest BCUT2D eigenvalue weighted by Gasteiger charge is -2.21. The summed E-state index contributed by atoms with van der Waals surface area (Å²) in [5, 5.41) is 8.81. The molecule has 1 rings (SSSR count). The first kappa shape index (κ1) is 12.4. The fraction of sp³-hybridized carbons (Fsp3) is 0.417. The third-order valence-electron chi connectivity index (χ3n) is 2.48. The number of anilines is 1. The fourth-order valence-electron chi connectivity index (χ4n) is 1.43. The van der Waals surface area contributed by atoms with Gasteiger partial charge in [-0.25, -0.2) is 0 Å². The van der Waals surface area contributed by atoms with Gasteiger partial charge in [-0.3, -0.25) is 4.79 Å². The number of methoxy groups -OCH3 is 1. The predicted octanol–water partition coefficient (Wildman–Crippen LogP) is 1.85. The highest BCUT2D eigenvalue weighted by molar-refractivity contribution is 5.70. The number of carbonyl (C=O) groups is 1. The first-order chi connectivity index (χ1) is 7.54. The van der Waals surface area contributed by atoms with Crippen molar-refractivity contribution in [3.63, 3.8) is 0 Å². The summed E-state index contributed by atoms with van der Waals surface area (Å²) in [6, 6.07) is 7.54. The zero-order chi connectivity index (χ0) is 12.1. The molecule has 1 aromatic rings. The molecule has 0 aliphatic rings. The number of benzene rings is 1. The Labute approximate surface area is 95.5 Å². The first-order valence-electron chi connectivity index (χ1n) is 5.12. The summed E-state index contributed by atoms with van der Waals surface area (Å²) in [7, 11) is 3.49. The topological polar surface area (TPSA) is 49.8 Å².